The number of halogens is 3. The summed E-state index contributed by atoms with van der Waals surface area (Å²) in [6.45, 7) is 2.74. The predicted octanol–water partition coefficient (Wildman–Crippen LogP) is 2.19. The van der Waals surface area contributed by atoms with Crippen LogP contribution in [-0.2, 0) is 11.0 Å². The Morgan fingerprint density at radius 2 is 1.56 bits per heavy atom. The summed E-state index contributed by atoms with van der Waals surface area (Å²) < 4.78 is 37.9. The normalized spacial score (nSPS) is 22.0. The third-order valence-electron chi connectivity index (χ3n) is 5.58. The van der Waals surface area contributed by atoms with E-state index in [1.54, 1.807) is 4.90 Å². The minimum absolute atomic E-state index is 0.167. The van der Waals surface area contributed by atoms with Crippen LogP contribution in [0.2, 0.25) is 0 Å². The summed E-state index contributed by atoms with van der Waals surface area (Å²) in [5.41, 5.74) is -0.640. The van der Waals surface area contributed by atoms with Crippen LogP contribution >= 0.6 is 0 Å². The molecular formula is C19H25F3N2O3. The van der Waals surface area contributed by atoms with Crippen LogP contribution in [0.1, 0.15) is 42.9 Å². The van der Waals surface area contributed by atoms with E-state index in [1.165, 1.54) is 0 Å². The first kappa shape index (κ1) is 20.1. The molecule has 2 heterocycles. The monoisotopic (exact) mass is 386 g/mol. The van der Waals surface area contributed by atoms with Crippen LogP contribution in [0.25, 0.3) is 0 Å². The van der Waals surface area contributed by atoms with E-state index in [9.17, 15) is 28.2 Å². The molecule has 0 saturated carbocycles. The highest BCUT2D eigenvalue weighted by atomic mass is 19.4. The number of hydrogen-bond acceptors (Lipinski definition) is 4. The van der Waals surface area contributed by atoms with Gasteiger partial charge in [-0.1, -0.05) is 12.1 Å². The van der Waals surface area contributed by atoms with Gasteiger partial charge in [0.25, 0.3) is 5.91 Å². The largest absolute Gasteiger partial charge is 0.416 e. The standard InChI is InChI=1S/C19H25F3N2O3/c20-19(21,22)14-3-1-13(2-4-14)17(26)18(27)24-9-5-15(6-10-24)23-11-7-16(25)8-12-23/h1-4,15-17,25-26H,5-12H2/t17-/m1/s1. The van der Waals surface area contributed by atoms with Gasteiger partial charge in [-0.25, -0.2) is 0 Å². The summed E-state index contributed by atoms with van der Waals surface area (Å²) in [6, 6.07) is 4.42. The fourth-order valence-corrected chi connectivity index (χ4v) is 3.87. The van der Waals surface area contributed by atoms with E-state index in [2.05, 4.69) is 4.90 Å². The van der Waals surface area contributed by atoms with E-state index in [-0.39, 0.29) is 11.7 Å². The zero-order valence-electron chi connectivity index (χ0n) is 15.0. The molecule has 0 radical (unpaired) electrons. The van der Waals surface area contributed by atoms with Gasteiger partial charge in [-0.15, -0.1) is 0 Å². The molecule has 2 saturated heterocycles. The molecule has 0 bridgehead atoms. The maximum absolute atomic E-state index is 12.6. The second kappa shape index (κ2) is 8.16. The van der Waals surface area contributed by atoms with Crippen molar-refractivity contribution in [1.82, 2.24) is 9.80 Å². The molecule has 1 atom stereocenters. The van der Waals surface area contributed by atoms with Gasteiger partial charge < -0.3 is 20.0 Å². The average molecular weight is 386 g/mol. The summed E-state index contributed by atoms with van der Waals surface area (Å²) in [5.74, 6) is -0.470. The molecule has 8 heteroatoms. The molecule has 2 fully saturated rings. The fourth-order valence-electron chi connectivity index (χ4n) is 3.87. The highest BCUT2D eigenvalue weighted by Crippen LogP contribution is 2.30. The first-order chi connectivity index (χ1) is 12.8. The lowest BCUT2D eigenvalue weighted by atomic mass is 9.98. The van der Waals surface area contributed by atoms with Crippen molar-refractivity contribution >= 4 is 5.91 Å². The molecule has 3 rings (SSSR count). The molecular weight excluding hydrogens is 361 g/mol. The molecule has 0 aliphatic carbocycles. The molecule has 0 aromatic heterocycles. The van der Waals surface area contributed by atoms with Gasteiger partial charge in [0.1, 0.15) is 0 Å². The molecule has 1 aromatic rings. The van der Waals surface area contributed by atoms with Crippen molar-refractivity contribution in [1.29, 1.82) is 0 Å². The number of carbonyl (C=O) groups is 1. The first-order valence-corrected chi connectivity index (χ1v) is 9.32. The summed E-state index contributed by atoms with van der Waals surface area (Å²) in [4.78, 5) is 16.4. The molecule has 1 amide bonds. The second-order valence-corrected chi connectivity index (χ2v) is 7.35. The second-order valence-electron chi connectivity index (χ2n) is 7.35. The number of hydrogen-bond donors (Lipinski definition) is 2. The minimum Gasteiger partial charge on any atom is -0.393 e. The smallest absolute Gasteiger partial charge is 0.393 e. The van der Waals surface area contributed by atoms with Crippen LogP contribution < -0.4 is 0 Å². The number of aliphatic hydroxyl groups is 2. The Labute approximate surface area is 156 Å². The van der Waals surface area contributed by atoms with Gasteiger partial charge in [0.2, 0.25) is 0 Å². The fraction of sp³-hybridized carbons (Fsp3) is 0.632. The molecule has 150 valence electrons. The van der Waals surface area contributed by atoms with Crippen molar-refractivity contribution in [2.24, 2.45) is 0 Å². The van der Waals surface area contributed by atoms with Crippen molar-refractivity contribution in [3.63, 3.8) is 0 Å². The zero-order chi connectivity index (χ0) is 19.6. The molecule has 5 nitrogen and oxygen atoms in total. The van der Waals surface area contributed by atoms with Gasteiger partial charge in [-0.3, -0.25) is 4.79 Å². The van der Waals surface area contributed by atoms with Crippen LogP contribution in [0, 0.1) is 0 Å². The molecule has 2 aliphatic rings. The number of piperidine rings is 2. The Morgan fingerprint density at radius 3 is 2.07 bits per heavy atom. The van der Waals surface area contributed by atoms with Crippen LogP contribution in [-0.4, -0.2) is 64.2 Å². The van der Waals surface area contributed by atoms with E-state index >= 15 is 0 Å². The van der Waals surface area contributed by atoms with E-state index in [0.29, 0.717) is 19.1 Å². The van der Waals surface area contributed by atoms with E-state index < -0.39 is 23.8 Å². The van der Waals surface area contributed by atoms with Crippen molar-refractivity contribution in [2.75, 3.05) is 26.2 Å². The highest BCUT2D eigenvalue weighted by molar-refractivity contribution is 5.82. The topological polar surface area (TPSA) is 64.0 Å². The van der Waals surface area contributed by atoms with E-state index in [1.807, 2.05) is 0 Å². The predicted molar refractivity (Wildman–Crippen MR) is 92.8 cm³/mol. The number of nitrogens with zero attached hydrogens (tertiary/aromatic N) is 2. The maximum atomic E-state index is 12.6. The number of aliphatic hydroxyl groups excluding tert-OH is 2. The van der Waals surface area contributed by atoms with Gasteiger partial charge >= 0.3 is 6.18 Å². The number of carbonyl (C=O) groups excluding carboxylic acids is 1. The van der Waals surface area contributed by atoms with Crippen LogP contribution in [0.5, 0.6) is 0 Å². The molecule has 0 spiro atoms. The SMILES string of the molecule is O=C([C@H](O)c1ccc(C(F)(F)F)cc1)N1CCC(N2CCC(O)CC2)CC1. The zero-order valence-corrected chi connectivity index (χ0v) is 15.0. The molecule has 1 aromatic carbocycles. The summed E-state index contributed by atoms with van der Waals surface area (Å²) >= 11 is 0. The lowest BCUT2D eigenvalue weighted by Gasteiger charge is -2.41. The first-order valence-electron chi connectivity index (χ1n) is 9.32. The lowest BCUT2D eigenvalue weighted by Crippen LogP contribution is -2.50. The van der Waals surface area contributed by atoms with Gasteiger partial charge in [-0.2, -0.15) is 13.2 Å². The number of amides is 1. The molecule has 2 N–H and O–H groups in total. The number of likely N-dealkylation sites (tertiary alicyclic amines) is 2. The van der Waals surface area contributed by atoms with Gasteiger partial charge in [0.05, 0.1) is 11.7 Å². The van der Waals surface area contributed by atoms with Crippen LogP contribution in [0.15, 0.2) is 24.3 Å². The van der Waals surface area contributed by atoms with Crippen molar-refractivity contribution in [3.8, 4) is 0 Å². The van der Waals surface area contributed by atoms with Gasteiger partial charge in [0, 0.05) is 32.2 Å². The molecule has 0 unspecified atom stereocenters. The van der Waals surface area contributed by atoms with Gasteiger partial charge in [-0.05, 0) is 43.4 Å². The van der Waals surface area contributed by atoms with Crippen LogP contribution in [0.4, 0.5) is 13.2 Å². The number of benzene rings is 1. The Balaban J connectivity index is 1.54. The van der Waals surface area contributed by atoms with Crippen LogP contribution in [0.3, 0.4) is 0 Å². The summed E-state index contributed by atoms with van der Waals surface area (Å²) in [7, 11) is 0. The van der Waals surface area contributed by atoms with E-state index in [4.69, 9.17) is 0 Å². The maximum Gasteiger partial charge on any atom is 0.416 e. The minimum atomic E-state index is -4.44. The van der Waals surface area contributed by atoms with Crippen molar-refractivity contribution in [3.05, 3.63) is 35.4 Å². The Kier molecular flexibility index (Phi) is 6.08. The van der Waals surface area contributed by atoms with E-state index in [0.717, 1.165) is 63.0 Å². The Morgan fingerprint density at radius 1 is 1.00 bits per heavy atom. The molecule has 27 heavy (non-hydrogen) atoms. The lowest BCUT2D eigenvalue weighted by molar-refractivity contribution is -0.142. The quantitative estimate of drug-likeness (QED) is 0.836. The Bertz CT molecular complexity index is 635. The summed E-state index contributed by atoms with van der Waals surface area (Å²) in [6.07, 6.45) is -2.99. The third-order valence-corrected chi connectivity index (χ3v) is 5.58. The average Bonchev–Trinajstić information content (AvgIpc) is 2.67. The number of rotatable bonds is 3. The molecule has 2 aliphatic heterocycles. The van der Waals surface area contributed by atoms with Crippen molar-refractivity contribution < 1.29 is 28.2 Å². The summed E-state index contributed by atoms with van der Waals surface area (Å²) in [5, 5.41) is 19.9. The Hall–Kier alpha value is -1.64. The van der Waals surface area contributed by atoms with Gasteiger partial charge in [0.15, 0.2) is 6.10 Å². The number of alkyl halides is 3. The highest BCUT2D eigenvalue weighted by Gasteiger charge is 2.33. The van der Waals surface area contributed by atoms with Crippen molar-refractivity contribution in [2.45, 2.75) is 50.1 Å². The third kappa shape index (κ3) is 4.80.